The number of urea groups is 1. The van der Waals surface area contributed by atoms with Gasteiger partial charge in [0, 0.05) is 5.69 Å². The maximum absolute atomic E-state index is 11.9. The molecule has 2 rings (SSSR count). The largest absolute Gasteiger partial charge is 0.506 e. The van der Waals surface area contributed by atoms with E-state index in [-0.39, 0.29) is 11.8 Å². The van der Waals surface area contributed by atoms with Crippen LogP contribution in [-0.2, 0) is 0 Å². The molecule has 0 aromatic heterocycles. The summed E-state index contributed by atoms with van der Waals surface area (Å²) < 4.78 is 0. The summed E-state index contributed by atoms with van der Waals surface area (Å²) in [5.41, 5.74) is 3.08. The van der Waals surface area contributed by atoms with Crippen molar-refractivity contribution in [3.63, 3.8) is 0 Å². The highest BCUT2D eigenvalue weighted by atomic mass is 16.3. The molecule has 0 spiro atoms. The van der Waals surface area contributed by atoms with Crippen LogP contribution in [-0.4, -0.2) is 11.1 Å². The summed E-state index contributed by atoms with van der Waals surface area (Å²) in [7, 11) is 0. The Bertz CT molecular complexity index is 609. The van der Waals surface area contributed by atoms with Crippen LogP contribution in [0.25, 0.3) is 0 Å². The maximum Gasteiger partial charge on any atom is 0.323 e. The molecule has 0 unspecified atom stereocenters. The van der Waals surface area contributed by atoms with Crippen LogP contribution >= 0.6 is 0 Å². The number of phenols is 1. The Morgan fingerprint density at radius 3 is 2.42 bits per heavy atom. The van der Waals surface area contributed by atoms with E-state index in [1.165, 1.54) is 0 Å². The summed E-state index contributed by atoms with van der Waals surface area (Å²) in [6.45, 7) is 3.81. The minimum atomic E-state index is -0.379. The Labute approximate surface area is 112 Å². The van der Waals surface area contributed by atoms with Crippen molar-refractivity contribution in [1.82, 2.24) is 0 Å². The molecule has 0 aliphatic heterocycles. The van der Waals surface area contributed by atoms with Crippen LogP contribution < -0.4 is 10.6 Å². The SMILES string of the molecule is Cc1ccc(O)c(NC(=O)Nc2ccccc2C)c1. The molecule has 2 aromatic carbocycles. The monoisotopic (exact) mass is 256 g/mol. The number of rotatable bonds is 2. The normalized spacial score (nSPS) is 10.0. The van der Waals surface area contributed by atoms with Crippen LogP contribution in [0.4, 0.5) is 16.2 Å². The van der Waals surface area contributed by atoms with Gasteiger partial charge in [-0.3, -0.25) is 0 Å². The Hall–Kier alpha value is -2.49. The lowest BCUT2D eigenvalue weighted by Gasteiger charge is -2.11. The van der Waals surface area contributed by atoms with Gasteiger partial charge in [-0.15, -0.1) is 0 Å². The molecular formula is C15H16N2O2. The zero-order valence-corrected chi connectivity index (χ0v) is 10.9. The third kappa shape index (κ3) is 3.25. The Morgan fingerprint density at radius 2 is 1.68 bits per heavy atom. The number of benzene rings is 2. The fourth-order valence-corrected chi connectivity index (χ4v) is 1.74. The fourth-order valence-electron chi connectivity index (χ4n) is 1.74. The van der Waals surface area contributed by atoms with E-state index < -0.39 is 0 Å². The summed E-state index contributed by atoms with van der Waals surface area (Å²) in [4.78, 5) is 11.9. The molecule has 0 atom stereocenters. The molecule has 0 saturated heterocycles. The third-order valence-electron chi connectivity index (χ3n) is 2.79. The van der Waals surface area contributed by atoms with Crippen molar-refractivity contribution < 1.29 is 9.90 Å². The molecule has 4 nitrogen and oxygen atoms in total. The molecule has 0 aliphatic carbocycles. The predicted molar refractivity (Wildman–Crippen MR) is 76.7 cm³/mol. The zero-order valence-electron chi connectivity index (χ0n) is 10.9. The number of carbonyl (C=O) groups is 1. The van der Waals surface area contributed by atoms with Crippen LogP contribution in [0.3, 0.4) is 0 Å². The average Bonchev–Trinajstić information content (AvgIpc) is 2.37. The standard InChI is InChI=1S/C15H16N2O2/c1-10-7-8-14(18)13(9-10)17-15(19)16-12-6-4-3-5-11(12)2/h3-9,18H,1-2H3,(H2,16,17,19). The van der Waals surface area contributed by atoms with E-state index in [0.717, 1.165) is 16.8 Å². The zero-order chi connectivity index (χ0) is 13.8. The highest BCUT2D eigenvalue weighted by molar-refractivity contribution is 6.01. The molecular weight excluding hydrogens is 240 g/mol. The minimum absolute atomic E-state index is 0.0468. The first kappa shape index (κ1) is 13.0. The predicted octanol–water partition coefficient (Wildman–Crippen LogP) is 3.65. The molecule has 0 saturated carbocycles. The van der Waals surface area contributed by atoms with Gasteiger partial charge in [0.15, 0.2) is 0 Å². The van der Waals surface area contributed by atoms with Gasteiger partial charge in [0.05, 0.1) is 5.69 Å². The molecule has 98 valence electrons. The fraction of sp³-hybridized carbons (Fsp3) is 0.133. The molecule has 0 bridgehead atoms. The van der Waals surface area contributed by atoms with E-state index in [9.17, 15) is 9.90 Å². The lowest BCUT2D eigenvalue weighted by atomic mass is 10.2. The molecule has 0 heterocycles. The summed E-state index contributed by atoms with van der Waals surface area (Å²) >= 11 is 0. The van der Waals surface area contributed by atoms with E-state index in [1.54, 1.807) is 18.2 Å². The number of aromatic hydroxyl groups is 1. The molecule has 0 aliphatic rings. The van der Waals surface area contributed by atoms with Gasteiger partial charge in [-0.1, -0.05) is 24.3 Å². The molecule has 3 N–H and O–H groups in total. The van der Waals surface area contributed by atoms with E-state index in [0.29, 0.717) is 5.69 Å². The van der Waals surface area contributed by atoms with Crippen molar-refractivity contribution in [3.05, 3.63) is 53.6 Å². The number of amides is 2. The van der Waals surface area contributed by atoms with E-state index >= 15 is 0 Å². The van der Waals surface area contributed by atoms with Crippen molar-refractivity contribution in [3.8, 4) is 5.75 Å². The molecule has 2 amide bonds. The second-order valence-corrected chi connectivity index (χ2v) is 4.41. The van der Waals surface area contributed by atoms with Gasteiger partial charge < -0.3 is 15.7 Å². The van der Waals surface area contributed by atoms with Gasteiger partial charge >= 0.3 is 6.03 Å². The number of anilines is 2. The highest BCUT2D eigenvalue weighted by Gasteiger charge is 2.07. The van der Waals surface area contributed by atoms with Crippen molar-refractivity contribution in [2.24, 2.45) is 0 Å². The minimum Gasteiger partial charge on any atom is -0.506 e. The van der Waals surface area contributed by atoms with E-state index in [2.05, 4.69) is 10.6 Å². The second kappa shape index (κ2) is 5.44. The molecule has 19 heavy (non-hydrogen) atoms. The van der Waals surface area contributed by atoms with Gasteiger partial charge in [-0.25, -0.2) is 4.79 Å². The third-order valence-corrected chi connectivity index (χ3v) is 2.79. The Morgan fingerprint density at radius 1 is 1.00 bits per heavy atom. The smallest absolute Gasteiger partial charge is 0.323 e. The van der Waals surface area contributed by atoms with Gasteiger partial charge in [0.1, 0.15) is 5.75 Å². The Kier molecular flexibility index (Phi) is 3.71. The second-order valence-electron chi connectivity index (χ2n) is 4.41. The highest BCUT2D eigenvalue weighted by Crippen LogP contribution is 2.24. The number of phenolic OH excluding ortho intramolecular Hbond substituents is 1. The van der Waals surface area contributed by atoms with Gasteiger partial charge in [-0.2, -0.15) is 0 Å². The van der Waals surface area contributed by atoms with Crippen molar-refractivity contribution >= 4 is 17.4 Å². The number of aryl methyl sites for hydroxylation is 2. The first-order valence-electron chi connectivity index (χ1n) is 5.99. The van der Waals surface area contributed by atoms with Crippen molar-refractivity contribution in [2.45, 2.75) is 13.8 Å². The summed E-state index contributed by atoms with van der Waals surface area (Å²) in [5, 5.41) is 15.0. The molecule has 0 radical (unpaired) electrons. The molecule has 4 heteroatoms. The summed E-state index contributed by atoms with van der Waals surface area (Å²) in [5.74, 6) is 0.0468. The van der Waals surface area contributed by atoms with E-state index in [4.69, 9.17) is 0 Å². The molecule has 2 aromatic rings. The maximum atomic E-state index is 11.9. The average molecular weight is 256 g/mol. The van der Waals surface area contributed by atoms with Gasteiger partial charge in [0.2, 0.25) is 0 Å². The quantitative estimate of drug-likeness (QED) is 0.718. The summed E-state index contributed by atoms with van der Waals surface area (Å²) in [6, 6.07) is 12.2. The molecule has 0 fully saturated rings. The lowest BCUT2D eigenvalue weighted by Crippen LogP contribution is -2.20. The number of hydrogen-bond donors (Lipinski definition) is 3. The summed E-state index contributed by atoms with van der Waals surface area (Å²) in [6.07, 6.45) is 0. The van der Waals surface area contributed by atoms with Crippen LogP contribution in [0.15, 0.2) is 42.5 Å². The number of nitrogens with one attached hydrogen (secondary N) is 2. The van der Waals surface area contributed by atoms with Gasteiger partial charge in [-0.05, 0) is 43.2 Å². The number of hydrogen-bond acceptors (Lipinski definition) is 2. The van der Waals surface area contributed by atoms with Gasteiger partial charge in [0.25, 0.3) is 0 Å². The first-order valence-corrected chi connectivity index (χ1v) is 5.99. The van der Waals surface area contributed by atoms with Crippen molar-refractivity contribution in [1.29, 1.82) is 0 Å². The first-order chi connectivity index (χ1) is 9.06. The van der Waals surface area contributed by atoms with Crippen LogP contribution in [0.5, 0.6) is 5.75 Å². The topological polar surface area (TPSA) is 61.4 Å². The Balaban J connectivity index is 2.10. The number of carbonyl (C=O) groups excluding carboxylic acids is 1. The van der Waals surface area contributed by atoms with Crippen LogP contribution in [0.2, 0.25) is 0 Å². The van der Waals surface area contributed by atoms with Crippen LogP contribution in [0.1, 0.15) is 11.1 Å². The lowest BCUT2D eigenvalue weighted by molar-refractivity contribution is 0.262. The van der Waals surface area contributed by atoms with Crippen LogP contribution in [0, 0.1) is 13.8 Å². The number of para-hydroxylation sites is 1. The van der Waals surface area contributed by atoms with Crippen molar-refractivity contribution in [2.75, 3.05) is 10.6 Å². The van der Waals surface area contributed by atoms with E-state index in [1.807, 2.05) is 38.1 Å².